The second-order valence-corrected chi connectivity index (χ2v) is 11.8. The van der Waals surface area contributed by atoms with Crippen LogP contribution in [0, 0.1) is 25.2 Å². The Labute approximate surface area is 258 Å². The van der Waals surface area contributed by atoms with Gasteiger partial charge < -0.3 is 33.7 Å². The number of ether oxygens (including phenoxy) is 6. The van der Waals surface area contributed by atoms with Gasteiger partial charge in [0.2, 0.25) is 12.7 Å². The van der Waals surface area contributed by atoms with Gasteiger partial charge in [-0.05, 0) is 44.9 Å². The molecule has 2 aromatic rings. The number of rotatable bonds is 9. The summed E-state index contributed by atoms with van der Waals surface area (Å²) in [5, 5.41) is 13.9. The summed E-state index contributed by atoms with van der Waals surface area (Å²) in [6, 6.07) is 3.52. The van der Waals surface area contributed by atoms with Crippen LogP contribution in [0.4, 0.5) is 0 Å². The SMILES string of the molecule is C=CCOc1c(C)c2c(c3c1CC1C4c5c(cc(C)c(OC)c5OCOC)C[C@@H]([C@H](C#N)N1[C@H]3CNC(C)=O)N4C)OCO2. The first-order valence-corrected chi connectivity index (χ1v) is 14.9. The Balaban J connectivity index is 1.61. The molecule has 234 valence electrons. The molecule has 0 aromatic heterocycles. The van der Waals surface area contributed by atoms with Gasteiger partial charge in [0.25, 0.3) is 0 Å². The minimum Gasteiger partial charge on any atom is -0.493 e. The van der Waals surface area contributed by atoms with Crippen LogP contribution in [0.1, 0.15) is 52.4 Å². The minimum absolute atomic E-state index is 0.0670. The largest absolute Gasteiger partial charge is 0.493 e. The van der Waals surface area contributed by atoms with Gasteiger partial charge in [-0.3, -0.25) is 14.6 Å². The van der Waals surface area contributed by atoms with Crippen LogP contribution in [-0.2, 0) is 22.4 Å². The van der Waals surface area contributed by atoms with Crippen LogP contribution < -0.4 is 29.0 Å². The molecule has 4 heterocycles. The predicted octanol–water partition coefficient (Wildman–Crippen LogP) is 3.50. The number of nitriles is 1. The maximum absolute atomic E-state index is 12.3. The van der Waals surface area contributed by atoms with Crippen molar-refractivity contribution in [1.29, 1.82) is 5.26 Å². The minimum atomic E-state index is -0.469. The van der Waals surface area contributed by atoms with Crippen LogP contribution in [0.25, 0.3) is 0 Å². The first-order valence-electron chi connectivity index (χ1n) is 14.9. The van der Waals surface area contributed by atoms with Crippen LogP contribution >= 0.6 is 0 Å². The fourth-order valence-electron chi connectivity index (χ4n) is 7.84. The summed E-state index contributed by atoms with van der Waals surface area (Å²) in [4.78, 5) is 16.9. The third-order valence-corrected chi connectivity index (χ3v) is 9.46. The van der Waals surface area contributed by atoms with Crippen LogP contribution in [0.15, 0.2) is 18.7 Å². The summed E-state index contributed by atoms with van der Waals surface area (Å²) in [6.07, 6.45) is 2.93. The zero-order valence-corrected chi connectivity index (χ0v) is 26.2. The maximum Gasteiger partial charge on any atom is 0.231 e. The Kier molecular flexibility index (Phi) is 8.09. The lowest BCUT2D eigenvalue weighted by molar-refractivity contribution is -0.120. The van der Waals surface area contributed by atoms with Gasteiger partial charge in [0, 0.05) is 54.9 Å². The summed E-state index contributed by atoms with van der Waals surface area (Å²) in [5.41, 5.74) is 5.87. The Morgan fingerprint density at radius 1 is 1.14 bits per heavy atom. The van der Waals surface area contributed by atoms with E-state index in [1.165, 1.54) is 6.92 Å². The van der Waals surface area contributed by atoms with Gasteiger partial charge in [-0.15, -0.1) is 0 Å². The summed E-state index contributed by atoms with van der Waals surface area (Å²) in [6.45, 7) is 10.1. The zero-order chi connectivity index (χ0) is 31.3. The van der Waals surface area contributed by atoms with E-state index in [-0.39, 0.29) is 50.2 Å². The molecule has 0 radical (unpaired) electrons. The first kappa shape index (κ1) is 30.1. The van der Waals surface area contributed by atoms with Gasteiger partial charge >= 0.3 is 0 Å². The number of likely N-dealkylation sites (N-methyl/N-ethyl adjacent to an activating group) is 1. The molecule has 2 unspecified atom stereocenters. The fourth-order valence-corrected chi connectivity index (χ4v) is 7.84. The van der Waals surface area contributed by atoms with Crippen molar-refractivity contribution < 1.29 is 33.2 Å². The van der Waals surface area contributed by atoms with E-state index in [4.69, 9.17) is 28.4 Å². The molecule has 11 heteroatoms. The highest BCUT2D eigenvalue weighted by atomic mass is 16.7. The molecule has 6 rings (SSSR count). The number of amides is 1. The van der Waals surface area contributed by atoms with Crippen molar-refractivity contribution in [3.8, 4) is 34.8 Å². The quantitative estimate of drug-likeness (QED) is 0.337. The first-order chi connectivity index (χ1) is 21.3. The molecular weight excluding hydrogens is 564 g/mol. The van der Waals surface area contributed by atoms with Crippen molar-refractivity contribution in [3.05, 3.63) is 52.1 Å². The number of hydrogen-bond acceptors (Lipinski definition) is 10. The van der Waals surface area contributed by atoms with Gasteiger partial charge in [-0.2, -0.15) is 5.26 Å². The Hall–Kier alpha value is -3.98. The summed E-state index contributed by atoms with van der Waals surface area (Å²) < 4.78 is 35.9. The monoisotopic (exact) mass is 604 g/mol. The van der Waals surface area contributed by atoms with Crippen LogP contribution in [-0.4, -0.2) is 81.8 Å². The fraction of sp³-hybridized carbons (Fsp3) is 0.515. The number of piperazine rings is 1. The van der Waals surface area contributed by atoms with Crippen molar-refractivity contribution in [1.82, 2.24) is 15.1 Å². The third-order valence-electron chi connectivity index (χ3n) is 9.46. The van der Waals surface area contributed by atoms with E-state index < -0.39 is 6.04 Å². The average Bonchev–Trinajstić information content (AvgIpc) is 3.49. The topological polar surface area (TPSA) is 115 Å². The zero-order valence-electron chi connectivity index (χ0n) is 26.2. The van der Waals surface area contributed by atoms with Gasteiger partial charge in [-0.25, -0.2) is 0 Å². The molecule has 0 saturated carbocycles. The molecule has 0 aliphatic carbocycles. The van der Waals surface area contributed by atoms with E-state index in [2.05, 4.69) is 40.9 Å². The molecule has 2 aromatic carbocycles. The molecule has 11 nitrogen and oxygen atoms in total. The normalized spacial score (nSPS) is 24.8. The van der Waals surface area contributed by atoms with E-state index in [0.29, 0.717) is 42.4 Å². The number of carbonyl (C=O) groups is 1. The highest BCUT2D eigenvalue weighted by molar-refractivity contribution is 5.73. The van der Waals surface area contributed by atoms with Crippen molar-refractivity contribution in [2.24, 2.45) is 0 Å². The van der Waals surface area contributed by atoms with Gasteiger partial charge in [0.15, 0.2) is 29.8 Å². The van der Waals surface area contributed by atoms with Crippen molar-refractivity contribution in [2.75, 3.05) is 48.0 Å². The molecule has 4 aliphatic heterocycles. The summed E-state index contributed by atoms with van der Waals surface area (Å²) in [5.74, 6) is 3.19. The number of nitrogens with zero attached hydrogens (tertiary/aromatic N) is 3. The Morgan fingerprint density at radius 2 is 1.91 bits per heavy atom. The molecule has 1 saturated heterocycles. The second-order valence-electron chi connectivity index (χ2n) is 11.8. The lowest BCUT2D eigenvalue weighted by Crippen LogP contribution is -2.68. The maximum atomic E-state index is 12.3. The van der Waals surface area contributed by atoms with E-state index in [1.807, 2.05) is 13.8 Å². The number of aryl methyl sites for hydroxylation is 1. The van der Waals surface area contributed by atoms with Crippen LogP contribution in [0.3, 0.4) is 0 Å². The van der Waals surface area contributed by atoms with Gasteiger partial charge in [-0.1, -0.05) is 18.7 Å². The van der Waals surface area contributed by atoms with Crippen molar-refractivity contribution >= 4 is 5.91 Å². The number of hydrogen-bond donors (Lipinski definition) is 1. The average molecular weight is 605 g/mol. The number of nitrogens with one attached hydrogen (secondary N) is 1. The summed E-state index contributed by atoms with van der Waals surface area (Å²) in [7, 11) is 5.33. The Bertz CT molecular complexity index is 1540. The van der Waals surface area contributed by atoms with Crippen molar-refractivity contribution in [3.63, 3.8) is 0 Å². The lowest BCUT2D eigenvalue weighted by atomic mass is 9.71. The van der Waals surface area contributed by atoms with Gasteiger partial charge in [0.1, 0.15) is 18.4 Å². The second kappa shape index (κ2) is 11.8. The third kappa shape index (κ3) is 4.55. The molecule has 4 aliphatic rings. The molecule has 44 heavy (non-hydrogen) atoms. The van der Waals surface area contributed by atoms with Crippen LogP contribution in [0.5, 0.6) is 28.7 Å². The standard InChI is InChI=1S/C33H40N4O7/c1-8-9-41-30-18(3)31-33(44-16-43-31)27-21(30)12-23-28-26-20(10-17(2)29(40-7)32(26)42-15-39-6)11-22(36(28)5)24(13-34)37(23)25(27)14-35-19(4)38/h8,10,22-25,28H,1,9,11-12,14-16H2,2-7H3,(H,35,38)/t22-,23?,24-,25-,28?/m0/s1. The lowest BCUT2D eigenvalue weighted by Gasteiger charge is -2.60. The summed E-state index contributed by atoms with van der Waals surface area (Å²) >= 11 is 0. The van der Waals surface area contributed by atoms with Gasteiger partial charge in [0.05, 0.1) is 25.3 Å². The smallest absolute Gasteiger partial charge is 0.231 e. The predicted molar refractivity (Wildman–Crippen MR) is 161 cm³/mol. The molecular formula is C33H40N4O7. The van der Waals surface area contributed by atoms with E-state index >= 15 is 0 Å². The Morgan fingerprint density at radius 3 is 2.59 bits per heavy atom. The molecule has 5 atom stereocenters. The molecule has 1 amide bonds. The van der Waals surface area contributed by atoms with E-state index in [0.717, 1.165) is 39.1 Å². The number of methoxy groups -OCH3 is 2. The molecule has 2 bridgehead atoms. The highest BCUT2D eigenvalue weighted by Crippen LogP contribution is 2.58. The number of fused-ring (bicyclic) bond motifs is 9. The van der Waals surface area contributed by atoms with E-state index in [1.54, 1.807) is 20.3 Å². The molecule has 1 N–H and O–H groups in total. The number of benzene rings is 2. The molecule has 1 fully saturated rings. The van der Waals surface area contributed by atoms with Crippen LogP contribution in [0.2, 0.25) is 0 Å². The van der Waals surface area contributed by atoms with Crippen molar-refractivity contribution in [2.45, 2.75) is 63.8 Å². The highest BCUT2D eigenvalue weighted by Gasteiger charge is 2.57. The van der Waals surface area contributed by atoms with E-state index in [9.17, 15) is 10.1 Å². The number of carbonyl (C=O) groups excluding carboxylic acids is 1. The molecule has 0 spiro atoms.